The summed E-state index contributed by atoms with van der Waals surface area (Å²) in [6, 6.07) is 19.7. The monoisotopic (exact) mass is 452 g/mol. The molecule has 1 fully saturated rings. The van der Waals surface area contributed by atoms with Crippen molar-refractivity contribution < 1.29 is 14.0 Å². The highest BCUT2D eigenvalue weighted by molar-refractivity contribution is 8.02. The number of halogens is 2. The van der Waals surface area contributed by atoms with E-state index in [1.165, 1.54) is 34.9 Å². The zero-order valence-corrected chi connectivity index (χ0v) is 18.2. The molecule has 0 aromatic heterocycles. The van der Waals surface area contributed by atoms with Crippen LogP contribution in [0.4, 0.5) is 15.8 Å². The molecule has 0 radical (unpaired) electrons. The summed E-state index contributed by atoms with van der Waals surface area (Å²) in [4.78, 5) is 28.9. The van der Waals surface area contributed by atoms with E-state index >= 15 is 0 Å². The molecule has 1 atom stereocenters. The number of amides is 2. The molecule has 0 saturated carbocycles. The number of nitrogens with zero attached hydrogens (tertiary/aromatic N) is 2. The van der Waals surface area contributed by atoms with E-state index in [-0.39, 0.29) is 22.6 Å². The second-order valence-electron chi connectivity index (χ2n) is 7.65. The van der Waals surface area contributed by atoms with Crippen LogP contribution >= 0.6 is 23.4 Å². The van der Waals surface area contributed by atoms with Crippen LogP contribution in [0.25, 0.3) is 0 Å². The van der Waals surface area contributed by atoms with Crippen molar-refractivity contribution in [1.82, 2.24) is 0 Å². The van der Waals surface area contributed by atoms with E-state index in [1.54, 1.807) is 4.90 Å². The number of rotatable bonds is 3. The van der Waals surface area contributed by atoms with Crippen LogP contribution in [0.3, 0.4) is 0 Å². The Balaban J connectivity index is 1.63. The number of aryl methyl sites for hydroxylation is 1. The Kier molecular flexibility index (Phi) is 4.79. The Labute approximate surface area is 188 Å². The van der Waals surface area contributed by atoms with Crippen molar-refractivity contribution in [2.24, 2.45) is 0 Å². The molecule has 0 bridgehead atoms. The fourth-order valence-corrected chi connectivity index (χ4v) is 5.75. The zero-order valence-electron chi connectivity index (χ0n) is 16.6. The Morgan fingerprint density at radius 2 is 1.81 bits per heavy atom. The lowest BCUT2D eigenvalue weighted by Gasteiger charge is -2.33. The highest BCUT2D eigenvalue weighted by Gasteiger charge is 2.60. The Hall–Kier alpha value is -2.83. The minimum Gasteiger partial charge on any atom is -0.304 e. The largest absolute Gasteiger partial charge is 0.304 e. The molecule has 31 heavy (non-hydrogen) atoms. The highest BCUT2D eigenvalue weighted by Crippen LogP contribution is 2.56. The molecule has 0 unspecified atom stereocenters. The van der Waals surface area contributed by atoms with Crippen molar-refractivity contribution in [2.75, 3.05) is 15.6 Å². The molecule has 2 amide bonds. The van der Waals surface area contributed by atoms with Crippen molar-refractivity contribution in [3.8, 4) is 0 Å². The van der Waals surface area contributed by atoms with Crippen LogP contribution in [0.5, 0.6) is 0 Å². The quantitative estimate of drug-likeness (QED) is 0.543. The van der Waals surface area contributed by atoms with Crippen LogP contribution in [0, 0.1) is 12.7 Å². The number of para-hydroxylation sites is 1. The summed E-state index contributed by atoms with van der Waals surface area (Å²) < 4.78 is 13.8. The van der Waals surface area contributed by atoms with Gasteiger partial charge in [-0.1, -0.05) is 59.6 Å². The van der Waals surface area contributed by atoms with Gasteiger partial charge in [-0.05, 0) is 36.8 Å². The van der Waals surface area contributed by atoms with E-state index in [1.807, 2.05) is 55.5 Å². The van der Waals surface area contributed by atoms with E-state index in [4.69, 9.17) is 11.6 Å². The van der Waals surface area contributed by atoms with E-state index in [2.05, 4.69) is 0 Å². The van der Waals surface area contributed by atoms with Crippen LogP contribution in [0.1, 0.15) is 16.7 Å². The van der Waals surface area contributed by atoms with Gasteiger partial charge in [0.05, 0.1) is 23.0 Å². The van der Waals surface area contributed by atoms with Crippen LogP contribution in [0.15, 0.2) is 66.7 Å². The zero-order chi connectivity index (χ0) is 21.8. The third kappa shape index (κ3) is 3.05. The van der Waals surface area contributed by atoms with E-state index in [9.17, 15) is 14.0 Å². The number of benzene rings is 3. The van der Waals surface area contributed by atoms with Gasteiger partial charge in [0, 0.05) is 11.3 Å². The first-order chi connectivity index (χ1) is 14.9. The van der Waals surface area contributed by atoms with Crippen LogP contribution in [-0.2, 0) is 21.0 Å². The highest BCUT2D eigenvalue weighted by atomic mass is 35.5. The van der Waals surface area contributed by atoms with Crippen LogP contribution in [0.2, 0.25) is 5.02 Å². The second-order valence-corrected chi connectivity index (χ2v) is 9.23. The van der Waals surface area contributed by atoms with E-state index in [0.717, 1.165) is 22.4 Å². The van der Waals surface area contributed by atoms with Crippen molar-refractivity contribution in [1.29, 1.82) is 0 Å². The molecule has 156 valence electrons. The number of anilines is 2. The summed E-state index contributed by atoms with van der Waals surface area (Å²) in [6.45, 7) is 2.41. The molecule has 3 aromatic carbocycles. The minimum absolute atomic E-state index is 0.0902. The van der Waals surface area contributed by atoms with Gasteiger partial charge >= 0.3 is 0 Å². The lowest BCUT2D eigenvalue weighted by atomic mass is 10.0. The van der Waals surface area contributed by atoms with Crippen LogP contribution < -0.4 is 9.80 Å². The van der Waals surface area contributed by atoms with Gasteiger partial charge in [0.2, 0.25) is 10.8 Å². The normalized spacial score (nSPS) is 20.1. The molecule has 5 rings (SSSR count). The Morgan fingerprint density at radius 3 is 2.55 bits per heavy atom. The number of thioether (sulfide) groups is 1. The molecule has 1 spiro atoms. The summed E-state index contributed by atoms with van der Waals surface area (Å²) >= 11 is 7.29. The number of hydrogen-bond donors (Lipinski definition) is 0. The fraction of sp³-hybridized carbons (Fsp3) is 0.167. The van der Waals surface area contributed by atoms with Gasteiger partial charge in [-0.25, -0.2) is 4.39 Å². The van der Waals surface area contributed by atoms with Crippen molar-refractivity contribution >= 4 is 46.6 Å². The Morgan fingerprint density at radius 1 is 1.06 bits per heavy atom. The maximum Gasteiger partial charge on any atom is 0.269 e. The van der Waals surface area contributed by atoms with Crippen molar-refractivity contribution in [3.05, 3.63) is 94.3 Å². The molecular formula is C24H18ClFN2O2S. The van der Waals surface area contributed by atoms with Gasteiger partial charge in [-0.2, -0.15) is 0 Å². The first-order valence-electron chi connectivity index (χ1n) is 9.81. The third-order valence-electron chi connectivity index (χ3n) is 5.69. The Bertz CT molecular complexity index is 1220. The van der Waals surface area contributed by atoms with Gasteiger partial charge in [0.1, 0.15) is 5.82 Å². The molecule has 2 aliphatic rings. The molecule has 0 aliphatic carbocycles. The lowest BCUT2D eigenvalue weighted by Crippen LogP contribution is -2.49. The number of carbonyl (C=O) groups excluding carboxylic acids is 2. The number of carbonyl (C=O) groups is 2. The lowest BCUT2D eigenvalue weighted by molar-refractivity contribution is -0.123. The summed E-state index contributed by atoms with van der Waals surface area (Å²) in [7, 11) is 0. The predicted octanol–water partition coefficient (Wildman–Crippen LogP) is 5.27. The standard InChI is InChI=1S/C24H18ClFN2O2S/c1-15-6-8-16(9-7-15)13-27-21-5-3-2-4-18(21)24(23(27)30)28(22(29)14-31-24)17-10-11-20(26)19(25)12-17/h2-12H,13-14H2,1H3/t24-/m1/s1. The van der Waals surface area contributed by atoms with E-state index in [0.29, 0.717) is 12.2 Å². The third-order valence-corrected chi connectivity index (χ3v) is 7.36. The molecule has 0 N–H and O–H groups in total. The molecular weight excluding hydrogens is 435 g/mol. The smallest absolute Gasteiger partial charge is 0.269 e. The van der Waals surface area contributed by atoms with Crippen molar-refractivity contribution in [2.45, 2.75) is 18.3 Å². The molecule has 4 nitrogen and oxygen atoms in total. The van der Waals surface area contributed by atoms with Gasteiger partial charge in [0.15, 0.2) is 0 Å². The van der Waals surface area contributed by atoms with E-state index < -0.39 is 10.7 Å². The van der Waals surface area contributed by atoms with Gasteiger partial charge < -0.3 is 4.90 Å². The van der Waals surface area contributed by atoms with Gasteiger partial charge in [-0.15, -0.1) is 11.8 Å². The first kappa shape index (κ1) is 20.1. The summed E-state index contributed by atoms with van der Waals surface area (Å²) in [5.74, 6) is -0.829. The number of fused-ring (bicyclic) bond motifs is 2. The second kappa shape index (κ2) is 7.39. The maximum absolute atomic E-state index is 13.9. The molecule has 2 heterocycles. The number of hydrogen-bond acceptors (Lipinski definition) is 3. The molecule has 1 saturated heterocycles. The molecule has 3 aromatic rings. The summed E-state index contributed by atoms with van der Waals surface area (Å²) in [5.41, 5.74) is 4.07. The van der Waals surface area contributed by atoms with Crippen LogP contribution in [-0.4, -0.2) is 17.6 Å². The molecule has 7 heteroatoms. The van der Waals surface area contributed by atoms with Gasteiger partial charge in [-0.3, -0.25) is 14.5 Å². The average Bonchev–Trinajstić information content (AvgIpc) is 3.23. The predicted molar refractivity (Wildman–Crippen MR) is 122 cm³/mol. The maximum atomic E-state index is 13.9. The summed E-state index contributed by atoms with van der Waals surface area (Å²) in [5, 5.41) is -0.0902. The average molecular weight is 453 g/mol. The van der Waals surface area contributed by atoms with Crippen molar-refractivity contribution in [3.63, 3.8) is 0 Å². The summed E-state index contributed by atoms with van der Waals surface area (Å²) in [6.07, 6.45) is 0. The van der Waals surface area contributed by atoms with Gasteiger partial charge in [0.25, 0.3) is 5.91 Å². The topological polar surface area (TPSA) is 40.6 Å². The minimum atomic E-state index is -1.24. The first-order valence-corrected chi connectivity index (χ1v) is 11.2. The fourth-order valence-electron chi connectivity index (χ4n) is 4.21. The SMILES string of the molecule is Cc1ccc(CN2C(=O)[C@]3(SCC(=O)N3c3ccc(F)c(Cl)c3)c3ccccc32)cc1. The molecule has 2 aliphatic heterocycles.